The number of aryl methyl sites for hydroxylation is 2. The third-order valence-electron chi connectivity index (χ3n) is 4.49. The molecular formula is C20H24N2O4S. The zero-order valence-electron chi connectivity index (χ0n) is 15.6. The number of carbonyl (C=O) groups is 1. The number of anilines is 2. The number of nitrogens with zero attached hydrogens (tertiary/aromatic N) is 1. The number of sulfonamides is 1. The average molecular weight is 388 g/mol. The molecule has 7 heteroatoms. The molecule has 0 fully saturated rings. The number of benzene rings is 2. The molecule has 0 aromatic heterocycles. The standard InChI is InChI=1S/C20H24N2O4S/c1-3-26-14-20(23)21-17-8-11-19-16(13-17)5-4-12-22(19)27(24,25)18-9-6-15(2)7-10-18/h6-11,13H,3-5,12,14H2,1-2H3,(H,21,23). The lowest BCUT2D eigenvalue weighted by molar-refractivity contribution is -0.120. The second-order valence-electron chi connectivity index (χ2n) is 6.52. The summed E-state index contributed by atoms with van der Waals surface area (Å²) in [6.45, 7) is 4.67. The Balaban J connectivity index is 1.86. The Morgan fingerprint density at radius 3 is 2.63 bits per heavy atom. The van der Waals surface area contributed by atoms with E-state index in [1.165, 1.54) is 4.31 Å². The Kier molecular flexibility index (Phi) is 5.82. The first-order valence-corrected chi connectivity index (χ1v) is 10.5. The van der Waals surface area contributed by atoms with E-state index in [1.807, 2.05) is 19.9 Å². The highest BCUT2D eigenvalue weighted by molar-refractivity contribution is 7.92. The van der Waals surface area contributed by atoms with Crippen LogP contribution < -0.4 is 9.62 Å². The molecule has 0 radical (unpaired) electrons. The fourth-order valence-corrected chi connectivity index (χ4v) is 4.66. The van der Waals surface area contributed by atoms with E-state index < -0.39 is 10.0 Å². The van der Waals surface area contributed by atoms with Gasteiger partial charge in [0.1, 0.15) is 6.61 Å². The predicted molar refractivity (Wildman–Crippen MR) is 106 cm³/mol. The second kappa shape index (κ2) is 8.10. The Bertz CT molecular complexity index is 923. The van der Waals surface area contributed by atoms with E-state index in [4.69, 9.17) is 4.74 Å². The predicted octanol–water partition coefficient (Wildman–Crippen LogP) is 3.11. The summed E-state index contributed by atoms with van der Waals surface area (Å²) in [5.41, 5.74) is 3.24. The minimum absolute atomic E-state index is 0.00150. The molecule has 1 amide bonds. The van der Waals surface area contributed by atoms with Crippen molar-refractivity contribution in [3.8, 4) is 0 Å². The summed E-state index contributed by atoms with van der Waals surface area (Å²) in [5, 5.41) is 2.79. The van der Waals surface area contributed by atoms with Gasteiger partial charge in [-0.1, -0.05) is 17.7 Å². The van der Waals surface area contributed by atoms with E-state index in [9.17, 15) is 13.2 Å². The van der Waals surface area contributed by atoms with Gasteiger partial charge in [-0.05, 0) is 62.6 Å². The van der Waals surface area contributed by atoms with Crippen LogP contribution in [0.3, 0.4) is 0 Å². The van der Waals surface area contributed by atoms with Crippen LogP contribution in [0.1, 0.15) is 24.5 Å². The van der Waals surface area contributed by atoms with Crippen molar-refractivity contribution in [3.05, 3.63) is 53.6 Å². The van der Waals surface area contributed by atoms with Gasteiger partial charge in [-0.2, -0.15) is 0 Å². The molecule has 2 aromatic rings. The van der Waals surface area contributed by atoms with Gasteiger partial charge in [0, 0.05) is 18.8 Å². The summed E-state index contributed by atoms with van der Waals surface area (Å²) < 4.78 is 32.7. The minimum Gasteiger partial charge on any atom is -0.372 e. The third kappa shape index (κ3) is 4.31. The molecular weight excluding hydrogens is 364 g/mol. The van der Waals surface area contributed by atoms with E-state index in [2.05, 4.69) is 5.32 Å². The number of fused-ring (bicyclic) bond motifs is 1. The van der Waals surface area contributed by atoms with Gasteiger partial charge < -0.3 is 10.1 Å². The molecule has 0 saturated heterocycles. The van der Waals surface area contributed by atoms with Crippen LogP contribution in [0, 0.1) is 6.92 Å². The quantitative estimate of drug-likeness (QED) is 0.825. The summed E-state index contributed by atoms with van der Waals surface area (Å²) in [6, 6.07) is 12.2. The summed E-state index contributed by atoms with van der Waals surface area (Å²) >= 11 is 0. The molecule has 0 aliphatic carbocycles. The second-order valence-corrected chi connectivity index (χ2v) is 8.38. The van der Waals surface area contributed by atoms with Crippen molar-refractivity contribution in [2.45, 2.75) is 31.6 Å². The molecule has 1 aliphatic heterocycles. The first-order valence-electron chi connectivity index (χ1n) is 9.01. The van der Waals surface area contributed by atoms with E-state index in [-0.39, 0.29) is 17.4 Å². The highest BCUT2D eigenvalue weighted by Crippen LogP contribution is 2.33. The maximum atomic E-state index is 13.1. The highest BCUT2D eigenvalue weighted by Gasteiger charge is 2.29. The third-order valence-corrected chi connectivity index (χ3v) is 6.31. The summed E-state index contributed by atoms with van der Waals surface area (Å²) in [4.78, 5) is 12.1. The van der Waals surface area contributed by atoms with Crippen molar-refractivity contribution in [2.24, 2.45) is 0 Å². The molecule has 3 rings (SSSR count). The minimum atomic E-state index is -3.61. The molecule has 0 unspecified atom stereocenters. The van der Waals surface area contributed by atoms with Crippen molar-refractivity contribution in [2.75, 3.05) is 29.4 Å². The topological polar surface area (TPSA) is 75.7 Å². The number of hydrogen-bond donors (Lipinski definition) is 1. The maximum absolute atomic E-state index is 13.1. The Labute approximate surface area is 160 Å². The summed E-state index contributed by atoms with van der Waals surface area (Å²) in [7, 11) is -3.61. The highest BCUT2D eigenvalue weighted by atomic mass is 32.2. The van der Waals surface area contributed by atoms with Gasteiger partial charge in [0.15, 0.2) is 0 Å². The van der Waals surface area contributed by atoms with Gasteiger partial charge in [-0.15, -0.1) is 0 Å². The number of carbonyl (C=O) groups excluding carboxylic acids is 1. The lowest BCUT2D eigenvalue weighted by atomic mass is 10.0. The molecule has 1 aliphatic rings. The Morgan fingerprint density at radius 2 is 1.93 bits per heavy atom. The zero-order valence-corrected chi connectivity index (χ0v) is 16.4. The first kappa shape index (κ1) is 19.4. The van der Waals surface area contributed by atoms with Crippen LogP contribution in [0.25, 0.3) is 0 Å². The van der Waals surface area contributed by atoms with Crippen LogP contribution in [-0.4, -0.2) is 34.1 Å². The van der Waals surface area contributed by atoms with Crippen molar-refractivity contribution >= 4 is 27.3 Å². The van der Waals surface area contributed by atoms with Crippen molar-refractivity contribution in [1.82, 2.24) is 0 Å². The Hall–Kier alpha value is -2.38. The normalized spacial score (nSPS) is 13.9. The number of ether oxygens (including phenoxy) is 1. The summed E-state index contributed by atoms with van der Waals surface area (Å²) in [5.74, 6) is -0.225. The fraction of sp³-hybridized carbons (Fsp3) is 0.350. The van der Waals surface area contributed by atoms with Crippen LogP contribution in [0.4, 0.5) is 11.4 Å². The molecule has 1 heterocycles. The van der Waals surface area contributed by atoms with Gasteiger partial charge in [0.25, 0.3) is 10.0 Å². The monoisotopic (exact) mass is 388 g/mol. The number of hydrogen-bond acceptors (Lipinski definition) is 4. The molecule has 27 heavy (non-hydrogen) atoms. The van der Waals surface area contributed by atoms with Crippen LogP contribution in [-0.2, 0) is 26.0 Å². The van der Waals surface area contributed by atoms with Gasteiger partial charge in [-0.25, -0.2) is 8.42 Å². The average Bonchev–Trinajstić information content (AvgIpc) is 2.66. The van der Waals surface area contributed by atoms with Gasteiger partial charge >= 0.3 is 0 Å². The van der Waals surface area contributed by atoms with E-state index in [0.29, 0.717) is 24.5 Å². The van der Waals surface area contributed by atoms with Gasteiger partial charge in [-0.3, -0.25) is 9.10 Å². The summed E-state index contributed by atoms with van der Waals surface area (Å²) in [6.07, 6.45) is 1.50. The molecule has 0 spiro atoms. The lowest BCUT2D eigenvalue weighted by Crippen LogP contribution is -2.35. The number of amides is 1. The number of rotatable bonds is 6. The van der Waals surface area contributed by atoms with Crippen molar-refractivity contribution < 1.29 is 17.9 Å². The van der Waals surface area contributed by atoms with Crippen LogP contribution in [0.15, 0.2) is 47.4 Å². The first-order chi connectivity index (χ1) is 12.9. The molecule has 0 atom stereocenters. The largest absolute Gasteiger partial charge is 0.372 e. The Morgan fingerprint density at radius 1 is 1.19 bits per heavy atom. The van der Waals surface area contributed by atoms with Gasteiger partial charge in [0.2, 0.25) is 5.91 Å². The number of nitrogens with one attached hydrogen (secondary N) is 1. The smallest absolute Gasteiger partial charge is 0.264 e. The molecule has 0 saturated carbocycles. The maximum Gasteiger partial charge on any atom is 0.264 e. The zero-order chi connectivity index (χ0) is 19.4. The molecule has 144 valence electrons. The lowest BCUT2D eigenvalue weighted by Gasteiger charge is -2.31. The van der Waals surface area contributed by atoms with Crippen LogP contribution >= 0.6 is 0 Å². The molecule has 0 bridgehead atoms. The van der Waals surface area contributed by atoms with E-state index >= 15 is 0 Å². The van der Waals surface area contributed by atoms with E-state index in [0.717, 1.165) is 24.0 Å². The van der Waals surface area contributed by atoms with Crippen LogP contribution in [0.2, 0.25) is 0 Å². The molecule has 2 aromatic carbocycles. The van der Waals surface area contributed by atoms with Crippen molar-refractivity contribution in [1.29, 1.82) is 0 Å². The van der Waals surface area contributed by atoms with Crippen molar-refractivity contribution in [3.63, 3.8) is 0 Å². The fourth-order valence-electron chi connectivity index (χ4n) is 3.12. The van der Waals surface area contributed by atoms with Crippen LogP contribution in [0.5, 0.6) is 0 Å². The van der Waals surface area contributed by atoms with Gasteiger partial charge in [0.05, 0.1) is 10.6 Å². The molecule has 6 nitrogen and oxygen atoms in total. The molecule has 1 N–H and O–H groups in total. The SMILES string of the molecule is CCOCC(=O)Nc1ccc2c(c1)CCCN2S(=O)(=O)c1ccc(C)cc1. The van der Waals surface area contributed by atoms with E-state index in [1.54, 1.807) is 36.4 Å².